The van der Waals surface area contributed by atoms with Crippen molar-refractivity contribution in [1.29, 1.82) is 0 Å². The second kappa shape index (κ2) is 5.09. The van der Waals surface area contributed by atoms with Gasteiger partial charge in [-0.05, 0) is 6.92 Å². The van der Waals surface area contributed by atoms with E-state index in [1.807, 2.05) is 0 Å². The van der Waals surface area contributed by atoms with Crippen LogP contribution in [0.4, 0.5) is 0 Å². The van der Waals surface area contributed by atoms with Crippen molar-refractivity contribution in [3.05, 3.63) is 23.0 Å². The highest BCUT2D eigenvalue weighted by Gasteiger charge is 2.21. The van der Waals surface area contributed by atoms with Crippen LogP contribution < -0.4 is 0 Å². The summed E-state index contributed by atoms with van der Waals surface area (Å²) >= 11 is 0. The third kappa shape index (κ3) is 3.74. The first kappa shape index (κ1) is 14.0. The Balaban J connectivity index is 3.08. The predicted octanol–water partition coefficient (Wildman–Crippen LogP) is -0.312. The number of aryl methyl sites for hydroxylation is 1. The number of phosphoric acid groups is 1. The summed E-state index contributed by atoms with van der Waals surface area (Å²) in [5, 5.41) is 27.7. The zero-order valence-electron chi connectivity index (χ0n) is 8.81. The summed E-state index contributed by atoms with van der Waals surface area (Å²) < 4.78 is 14.7. The molecular weight excluding hydrogens is 253 g/mol. The highest BCUT2D eigenvalue weighted by Crippen LogP contribution is 2.38. The minimum Gasteiger partial charge on any atom is -0.506 e. The maximum Gasteiger partial charge on any atom is 0.469 e. The van der Waals surface area contributed by atoms with Gasteiger partial charge in [0.2, 0.25) is 0 Å². The van der Waals surface area contributed by atoms with Gasteiger partial charge >= 0.3 is 7.82 Å². The lowest BCUT2D eigenvalue weighted by molar-refractivity contribution is -0.0453. The molecule has 1 heterocycles. The van der Waals surface area contributed by atoms with Gasteiger partial charge in [0.1, 0.15) is 5.75 Å². The molecule has 0 aliphatic rings. The highest BCUT2D eigenvalue weighted by atomic mass is 31.2. The molecule has 0 unspecified atom stereocenters. The first-order valence-corrected chi connectivity index (χ1v) is 5.99. The Kier molecular flexibility index (Phi) is 4.21. The number of aliphatic hydroxyl groups excluding tert-OH is 1. The van der Waals surface area contributed by atoms with E-state index in [4.69, 9.17) is 20.0 Å². The minimum absolute atomic E-state index is 0.0218. The molecule has 8 nitrogen and oxygen atoms in total. The van der Waals surface area contributed by atoms with Gasteiger partial charge < -0.3 is 25.1 Å². The number of aromatic nitrogens is 1. The molecule has 0 saturated carbocycles. The summed E-state index contributed by atoms with van der Waals surface area (Å²) in [6.45, 7) is 0.840. The van der Waals surface area contributed by atoms with Gasteiger partial charge in [-0.15, -0.1) is 0 Å². The molecule has 1 aromatic rings. The molecule has 0 atom stereocenters. The van der Waals surface area contributed by atoms with Crippen LogP contribution in [-0.2, 0) is 15.7 Å². The summed E-state index contributed by atoms with van der Waals surface area (Å²) in [6, 6.07) is 0. The average Bonchev–Trinajstić information content (AvgIpc) is 2.18. The summed E-state index contributed by atoms with van der Waals surface area (Å²) in [6.07, 6.45) is -0.855. The molecule has 0 spiro atoms. The van der Waals surface area contributed by atoms with E-state index in [9.17, 15) is 9.67 Å². The molecule has 0 aliphatic heterocycles. The number of pyridine rings is 1. The van der Waals surface area contributed by atoms with E-state index in [1.165, 1.54) is 6.92 Å². The first-order chi connectivity index (χ1) is 7.72. The van der Waals surface area contributed by atoms with Crippen LogP contribution in [0.5, 0.6) is 5.75 Å². The monoisotopic (exact) mass is 265 g/mol. The molecule has 0 aliphatic carbocycles. The van der Waals surface area contributed by atoms with E-state index in [1.54, 1.807) is 0 Å². The number of hydrogen-bond donors (Lipinski definition) is 5. The highest BCUT2D eigenvalue weighted by molar-refractivity contribution is 7.46. The number of phosphoric ester groups is 1. The molecule has 9 heteroatoms. The van der Waals surface area contributed by atoms with Crippen LogP contribution in [0.25, 0.3) is 0 Å². The van der Waals surface area contributed by atoms with Crippen LogP contribution in [0.1, 0.15) is 23.1 Å². The minimum atomic E-state index is -4.68. The lowest BCUT2D eigenvalue weighted by Gasteiger charge is -2.14. The Morgan fingerprint density at radius 2 is 2.06 bits per heavy atom. The Morgan fingerprint density at radius 3 is 2.53 bits per heavy atom. The van der Waals surface area contributed by atoms with Crippen molar-refractivity contribution in [2.24, 2.45) is 0 Å². The van der Waals surface area contributed by atoms with Gasteiger partial charge in [0.05, 0.1) is 17.9 Å². The molecule has 0 bridgehead atoms. The fourth-order valence-corrected chi connectivity index (χ4v) is 1.52. The Morgan fingerprint density at radius 1 is 1.47 bits per heavy atom. The second-order valence-corrected chi connectivity index (χ2v) is 4.51. The van der Waals surface area contributed by atoms with Crippen LogP contribution in [0, 0.1) is 6.92 Å². The van der Waals surface area contributed by atoms with Crippen molar-refractivity contribution in [3.8, 4) is 5.75 Å². The third-order valence-electron chi connectivity index (χ3n) is 2.00. The van der Waals surface area contributed by atoms with E-state index in [0.717, 1.165) is 6.20 Å². The number of nitrogens with zero attached hydrogens (tertiary/aromatic N) is 1. The van der Waals surface area contributed by atoms with Crippen LogP contribution in [0.15, 0.2) is 6.20 Å². The summed E-state index contributed by atoms with van der Waals surface area (Å²) in [4.78, 5) is 20.7. The molecule has 0 radical (unpaired) electrons. The normalized spacial score (nSPS) is 12.1. The molecule has 1 aromatic heterocycles. The van der Waals surface area contributed by atoms with Crippen molar-refractivity contribution >= 4 is 7.82 Å². The maximum atomic E-state index is 10.5. The van der Waals surface area contributed by atoms with Crippen LogP contribution in [-0.4, -0.2) is 30.1 Å². The molecule has 96 valence electrons. The predicted molar refractivity (Wildman–Crippen MR) is 54.7 cm³/mol. The van der Waals surface area contributed by atoms with E-state index in [-0.39, 0.29) is 16.8 Å². The van der Waals surface area contributed by atoms with Crippen molar-refractivity contribution in [2.75, 3.05) is 0 Å². The molecule has 17 heavy (non-hydrogen) atoms. The van der Waals surface area contributed by atoms with Gasteiger partial charge in [0.15, 0.2) is 6.29 Å². The van der Waals surface area contributed by atoms with Crippen molar-refractivity contribution in [2.45, 2.75) is 19.8 Å². The van der Waals surface area contributed by atoms with Crippen LogP contribution in [0.3, 0.4) is 0 Å². The van der Waals surface area contributed by atoms with Gasteiger partial charge in [-0.2, -0.15) is 0 Å². The smallest absolute Gasteiger partial charge is 0.469 e. The fraction of sp³-hybridized carbons (Fsp3) is 0.375. The molecule has 1 rings (SSSR count). The fourth-order valence-electron chi connectivity index (χ4n) is 1.21. The van der Waals surface area contributed by atoms with Crippen LogP contribution in [0.2, 0.25) is 0 Å². The second-order valence-electron chi connectivity index (χ2n) is 3.27. The van der Waals surface area contributed by atoms with Crippen molar-refractivity contribution in [1.82, 2.24) is 4.98 Å². The molecule has 5 N–H and O–H groups in total. The number of aromatic hydroxyl groups is 1. The number of aliphatic hydroxyl groups is 2. The maximum absolute atomic E-state index is 10.5. The topological polar surface area (TPSA) is 140 Å². The third-order valence-corrected chi connectivity index (χ3v) is 2.47. The Labute approximate surface area is 96.4 Å². The van der Waals surface area contributed by atoms with Crippen molar-refractivity contribution < 1.29 is 34.2 Å². The Hall–Kier alpha value is -1.02. The van der Waals surface area contributed by atoms with Crippen molar-refractivity contribution in [3.63, 3.8) is 0 Å². The zero-order valence-corrected chi connectivity index (χ0v) is 9.70. The van der Waals surface area contributed by atoms with Crippen LogP contribution >= 0.6 is 7.82 Å². The van der Waals surface area contributed by atoms with Gasteiger partial charge in [-0.1, -0.05) is 0 Å². The zero-order chi connectivity index (χ0) is 13.2. The Bertz CT molecular complexity index is 455. The molecule has 0 amide bonds. The lowest BCUT2D eigenvalue weighted by atomic mass is 10.1. The lowest BCUT2D eigenvalue weighted by Crippen LogP contribution is -2.05. The van der Waals surface area contributed by atoms with E-state index in [2.05, 4.69) is 9.51 Å². The van der Waals surface area contributed by atoms with E-state index >= 15 is 0 Å². The van der Waals surface area contributed by atoms with E-state index < -0.39 is 26.5 Å². The quantitative estimate of drug-likeness (QED) is 0.368. The number of rotatable bonds is 4. The summed E-state index contributed by atoms with van der Waals surface area (Å²) in [5.41, 5.74) is -0.148. The van der Waals surface area contributed by atoms with Gasteiger partial charge in [-0.3, -0.25) is 9.51 Å². The van der Waals surface area contributed by atoms with Gasteiger partial charge in [-0.25, -0.2) is 4.57 Å². The summed E-state index contributed by atoms with van der Waals surface area (Å²) in [5.74, 6) is -0.452. The molecule has 0 aromatic carbocycles. The van der Waals surface area contributed by atoms with Gasteiger partial charge in [0.25, 0.3) is 0 Å². The first-order valence-electron chi connectivity index (χ1n) is 4.46. The standard InChI is InChI=1S/C8H12NO7P/c1-4-7(10)6(8(11)12)5(2-9-4)3-16-17(13,14)15/h2,8,10-12H,3H2,1H3,(H2,13,14,15). The average molecular weight is 265 g/mol. The molecule has 0 fully saturated rings. The SMILES string of the molecule is Cc1ncc(COP(=O)(O)O)c(C(O)O)c1O. The van der Waals surface area contributed by atoms with E-state index in [0.29, 0.717) is 0 Å². The molecular formula is C8H12NO7P. The molecule has 0 saturated heterocycles. The summed E-state index contributed by atoms with van der Waals surface area (Å²) in [7, 11) is -4.68. The van der Waals surface area contributed by atoms with Gasteiger partial charge in [0, 0.05) is 11.8 Å². The largest absolute Gasteiger partial charge is 0.506 e. The number of hydrogen-bond acceptors (Lipinski definition) is 6.